The molecule has 110 valence electrons. The van der Waals surface area contributed by atoms with E-state index in [2.05, 4.69) is 38.0 Å². The molecule has 3 rings (SSSR count). The highest BCUT2D eigenvalue weighted by atomic mass is 127. The number of halogens is 1. The maximum Gasteiger partial charge on any atom is 0.256 e. The first-order chi connectivity index (χ1) is 10.6. The van der Waals surface area contributed by atoms with Gasteiger partial charge < -0.3 is 5.32 Å². The number of nitrogens with one attached hydrogen (secondary N) is 1. The molecule has 6 heteroatoms. The minimum Gasteiger partial charge on any atom is -0.306 e. The van der Waals surface area contributed by atoms with Gasteiger partial charge in [0, 0.05) is 21.4 Å². The van der Waals surface area contributed by atoms with Crippen LogP contribution in [0.2, 0.25) is 0 Å². The maximum absolute atomic E-state index is 12.3. The van der Waals surface area contributed by atoms with Gasteiger partial charge in [-0.1, -0.05) is 6.07 Å². The van der Waals surface area contributed by atoms with Crippen LogP contribution < -0.4 is 5.32 Å². The van der Waals surface area contributed by atoms with E-state index in [9.17, 15) is 4.79 Å². The number of pyridine rings is 1. The van der Waals surface area contributed by atoms with Crippen LogP contribution in [-0.2, 0) is 0 Å². The number of aromatic nitrogens is 3. The maximum atomic E-state index is 12.3. The molecule has 5 nitrogen and oxygen atoms in total. The zero-order valence-electron chi connectivity index (χ0n) is 11.8. The van der Waals surface area contributed by atoms with Crippen LogP contribution in [0.3, 0.4) is 0 Å². The number of nitrogens with zero attached hydrogens (tertiary/aromatic N) is 3. The molecule has 0 radical (unpaired) electrons. The van der Waals surface area contributed by atoms with Crippen molar-refractivity contribution in [3.05, 3.63) is 69.6 Å². The first-order valence-electron chi connectivity index (χ1n) is 6.68. The molecule has 0 unspecified atom stereocenters. The third kappa shape index (κ3) is 3.16. The van der Waals surface area contributed by atoms with Gasteiger partial charge in [-0.2, -0.15) is 9.78 Å². The third-order valence-electron chi connectivity index (χ3n) is 3.05. The van der Waals surface area contributed by atoms with Crippen LogP contribution in [0.25, 0.3) is 5.82 Å². The average Bonchev–Trinajstić information content (AvgIpc) is 2.89. The molecule has 0 fully saturated rings. The van der Waals surface area contributed by atoms with Crippen LogP contribution in [-0.4, -0.2) is 20.7 Å². The molecule has 0 aliphatic heterocycles. The molecule has 2 heterocycles. The number of carbonyl (C=O) groups is 1. The lowest BCUT2D eigenvalue weighted by atomic mass is 10.2. The fourth-order valence-corrected chi connectivity index (χ4v) is 2.39. The van der Waals surface area contributed by atoms with Gasteiger partial charge in [0.2, 0.25) is 0 Å². The Kier molecular flexibility index (Phi) is 4.19. The Bertz CT molecular complexity index is 797. The van der Waals surface area contributed by atoms with Crippen LogP contribution in [0.5, 0.6) is 0 Å². The van der Waals surface area contributed by atoms with E-state index in [-0.39, 0.29) is 5.91 Å². The van der Waals surface area contributed by atoms with Gasteiger partial charge in [-0.25, -0.2) is 4.98 Å². The summed E-state index contributed by atoms with van der Waals surface area (Å²) in [6.45, 7) is 1.87. The summed E-state index contributed by atoms with van der Waals surface area (Å²) in [5, 5.41) is 7.26. The third-order valence-corrected chi connectivity index (χ3v) is 3.76. The van der Waals surface area contributed by atoms with E-state index in [0.717, 1.165) is 9.26 Å². The zero-order chi connectivity index (χ0) is 15.5. The highest BCUT2D eigenvalue weighted by Crippen LogP contribution is 2.16. The Morgan fingerprint density at radius 1 is 1.18 bits per heavy atom. The molecule has 0 aliphatic carbocycles. The fraction of sp³-hybridized carbons (Fsp3) is 0.0625. The molecular weight excluding hydrogens is 391 g/mol. The van der Waals surface area contributed by atoms with Gasteiger partial charge in [0.25, 0.3) is 5.91 Å². The van der Waals surface area contributed by atoms with E-state index in [4.69, 9.17) is 0 Å². The van der Waals surface area contributed by atoms with Crippen molar-refractivity contribution in [3.8, 4) is 5.82 Å². The van der Waals surface area contributed by atoms with Gasteiger partial charge >= 0.3 is 0 Å². The van der Waals surface area contributed by atoms with Gasteiger partial charge in [-0.05, 0) is 65.9 Å². The molecule has 0 atom stereocenters. The molecule has 2 aromatic heterocycles. The predicted octanol–water partition coefficient (Wildman–Crippen LogP) is 3.43. The summed E-state index contributed by atoms with van der Waals surface area (Å²) >= 11 is 2.21. The number of benzene rings is 1. The molecule has 0 aliphatic rings. The van der Waals surface area contributed by atoms with Crippen molar-refractivity contribution in [1.29, 1.82) is 0 Å². The van der Waals surface area contributed by atoms with Crippen molar-refractivity contribution in [2.45, 2.75) is 6.92 Å². The smallest absolute Gasteiger partial charge is 0.256 e. The lowest BCUT2D eigenvalue weighted by Crippen LogP contribution is -2.15. The van der Waals surface area contributed by atoms with E-state index in [1.54, 1.807) is 23.0 Å². The Balaban J connectivity index is 1.90. The van der Waals surface area contributed by atoms with Gasteiger partial charge in [0.1, 0.15) is 5.82 Å². The fourth-order valence-electron chi connectivity index (χ4n) is 2.03. The summed E-state index contributed by atoms with van der Waals surface area (Å²) < 4.78 is 2.71. The summed E-state index contributed by atoms with van der Waals surface area (Å²) in [7, 11) is 0. The Morgan fingerprint density at radius 2 is 1.95 bits per heavy atom. The first-order valence-corrected chi connectivity index (χ1v) is 7.76. The lowest BCUT2D eigenvalue weighted by molar-refractivity contribution is 0.102. The molecule has 0 saturated carbocycles. The van der Waals surface area contributed by atoms with Crippen LogP contribution in [0.1, 0.15) is 16.1 Å². The van der Waals surface area contributed by atoms with Gasteiger partial charge in [0.15, 0.2) is 5.82 Å². The number of hydrogen-bond acceptors (Lipinski definition) is 3. The molecule has 1 N–H and O–H groups in total. The Hall–Kier alpha value is -2.22. The first kappa shape index (κ1) is 14.7. The number of aryl methyl sites for hydroxylation is 1. The highest BCUT2D eigenvalue weighted by Gasteiger charge is 2.12. The number of anilines is 1. The van der Waals surface area contributed by atoms with Crippen molar-refractivity contribution in [1.82, 2.24) is 14.8 Å². The van der Waals surface area contributed by atoms with Gasteiger partial charge in [-0.15, -0.1) is 0 Å². The minimum atomic E-state index is -0.173. The second-order valence-corrected chi connectivity index (χ2v) is 5.98. The van der Waals surface area contributed by atoms with Crippen molar-refractivity contribution in [3.63, 3.8) is 0 Å². The Morgan fingerprint density at radius 3 is 2.64 bits per heavy atom. The van der Waals surface area contributed by atoms with E-state index in [0.29, 0.717) is 17.2 Å². The largest absolute Gasteiger partial charge is 0.306 e. The summed E-state index contributed by atoms with van der Waals surface area (Å²) in [5.41, 5.74) is 1.41. The summed E-state index contributed by atoms with van der Waals surface area (Å²) in [5.74, 6) is 1.08. The van der Waals surface area contributed by atoms with Crippen LogP contribution in [0.4, 0.5) is 5.82 Å². The lowest BCUT2D eigenvalue weighted by Gasteiger charge is -2.08. The van der Waals surface area contributed by atoms with E-state index < -0.39 is 0 Å². The quantitative estimate of drug-likeness (QED) is 0.681. The van der Waals surface area contributed by atoms with E-state index in [1.165, 1.54) is 0 Å². The summed E-state index contributed by atoms with van der Waals surface area (Å²) in [6.07, 6.45) is 1.69. The molecule has 0 saturated heterocycles. The van der Waals surface area contributed by atoms with E-state index in [1.807, 2.05) is 43.3 Å². The molecule has 0 spiro atoms. The average molecular weight is 404 g/mol. The second kappa shape index (κ2) is 6.27. The molecular formula is C16H13IN4O. The minimum absolute atomic E-state index is 0.173. The summed E-state index contributed by atoms with van der Waals surface area (Å²) in [6, 6.07) is 14.8. The molecule has 1 amide bonds. The number of rotatable bonds is 3. The van der Waals surface area contributed by atoms with Crippen molar-refractivity contribution >= 4 is 34.3 Å². The number of hydrogen-bond donors (Lipinski definition) is 1. The van der Waals surface area contributed by atoms with Crippen molar-refractivity contribution < 1.29 is 4.79 Å². The monoisotopic (exact) mass is 404 g/mol. The highest BCUT2D eigenvalue weighted by molar-refractivity contribution is 14.1. The zero-order valence-corrected chi connectivity index (χ0v) is 14.0. The van der Waals surface area contributed by atoms with Crippen LogP contribution >= 0.6 is 22.6 Å². The number of carbonyl (C=O) groups excluding carboxylic acids is 1. The topological polar surface area (TPSA) is 59.8 Å². The standard InChI is InChI=1S/C16H13IN4O/c1-11-10-15(21(20-11)14-4-2-3-9-18-14)19-16(22)12-5-7-13(17)8-6-12/h2-10H,1H3,(H,19,22). The normalized spacial score (nSPS) is 10.5. The molecule has 22 heavy (non-hydrogen) atoms. The predicted molar refractivity (Wildman–Crippen MR) is 93.2 cm³/mol. The van der Waals surface area contributed by atoms with Crippen molar-refractivity contribution in [2.24, 2.45) is 0 Å². The SMILES string of the molecule is Cc1cc(NC(=O)c2ccc(I)cc2)n(-c2ccccn2)n1. The molecule has 3 aromatic rings. The second-order valence-electron chi connectivity index (χ2n) is 4.73. The molecule has 0 bridgehead atoms. The van der Waals surface area contributed by atoms with Gasteiger partial charge in [0.05, 0.1) is 5.69 Å². The number of amides is 1. The van der Waals surface area contributed by atoms with E-state index >= 15 is 0 Å². The van der Waals surface area contributed by atoms with Gasteiger partial charge in [-0.3, -0.25) is 4.79 Å². The summed E-state index contributed by atoms with van der Waals surface area (Å²) in [4.78, 5) is 16.6. The van der Waals surface area contributed by atoms with Crippen LogP contribution in [0, 0.1) is 10.5 Å². The molecule has 1 aromatic carbocycles. The van der Waals surface area contributed by atoms with Crippen LogP contribution in [0.15, 0.2) is 54.7 Å². The Labute approximate surface area is 141 Å². The van der Waals surface area contributed by atoms with Crippen molar-refractivity contribution in [2.75, 3.05) is 5.32 Å².